The van der Waals surface area contributed by atoms with Crippen LogP contribution < -0.4 is 5.73 Å². The molecule has 0 amide bonds. The number of anilines is 1. The van der Waals surface area contributed by atoms with E-state index >= 15 is 0 Å². The monoisotopic (exact) mass is 571 g/mol. The van der Waals surface area contributed by atoms with Gasteiger partial charge in [0.2, 0.25) is 10.0 Å². The Kier molecular flexibility index (Phi) is 7.05. The summed E-state index contributed by atoms with van der Waals surface area (Å²) in [6, 6.07) is 25.6. The van der Waals surface area contributed by atoms with Crippen LogP contribution in [0.5, 0.6) is 0 Å². The molecule has 2 N–H and O–H groups in total. The fourth-order valence-electron chi connectivity index (χ4n) is 4.75. The number of hydrogen-bond donors (Lipinski definition) is 1. The number of benzene rings is 3. The van der Waals surface area contributed by atoms with Crippen LogP contribution in [0.4, 0.5) is 17.2 Å². The van der Waals surface area contributed by atoms with E-state index in [1.165, 1.54) is 0 Å². The number of fused-ring (bicyclic) bond motifs is 1. The topological polar surface area (TPSA) is 118 Å². The maximum Gasteiger partial charge on any atom is 0.243 e. The minimum atomic E-state index is -3.53. The molecule has 202 valence electrons. The van der Waals surface area contributed by atoms with Crippen molar-refractivity contribution in [2.75, 3.05) is 18.8 Å². The van der Waals surface area contributed by atoms with E-state index in [1.54, 1.807) is 33.1 Å². The first-order valence-corrected chi connectivity index (χ1v) is 14.7. The van der Waals surface area contributed by atoms with Gasteiger partial charge >= 0.3 is 0 Å². The zero-order valence-electron chi connectivity index (χ0n) is 21.5. The van der Waals surface area contributed by atoms with Crippen LogP contribution in [0.15, 0.2) is 100 Å². The van der Waals surface area contributed by atoms with Crippen LogP contribution in [-0.2, 0) is 10.0 Å². The highest BCUT2D eigenvalue weighted by atomic mass is 35.5. The van der Waals surface area contributed by atoms with Gasteiger partial charge in [-0.25, -0.2) is 17.9 Å². The molecule has 0 aliphatic carbocycles. The first-order chi connectivity index (χ1) is 19.4. The number of hydrogen-bond acceptors (Lipinski definition) is 7. The molecule has 0 spiro atoms. The second-order valence-electron chi connectivity index (χ2n) is 9.53. The quantitative estimate of drug-likeness (QED) is 0.223. The molecule has 3 aromatic carbocycles. The normalized spacial score (nSPS) is 14.7. The number of halogens is 1. The van der Waals surface area contributed by atoms with E-state index in [1.807, 2.05) is 60.7 Å². The first kappa shape index (κ1) is 26.1. The van der Waals surface area contributed by atoms with Crippen LogP contribution in [0.1, 0.15) is 19.3 Å². The third-order valence-electron chi connectivity index (χ3n) is 6.86. The average molecular weight is 572 g/mol. The van der Waals surface area contributed by atoms with Crippen molar-refractivity contribution in [2.24, 2.45) is 10.2 Å². The van der Waals surface area contributed by atoms with Gasteiger partial charge in [-0.1, -0.05) is 60.5 Å². The lowest BCUT2D eigenvalue weighted by Gasteiger charge is -2.25. The summed E-state index contributed by atoms with van der Waals surface area (Å²) >= 11 is 6.13. The van der Waals surface area contributed by atoms with Gasteiger partial charge in [-0.15, -0.1) is 10.2 Å². The molecule has 1 saturated heterocycles. The van der Waals surface area contributed by atoms with Crippen molar-refractivity contribution in [1.82, 2.24) is 18.9 Å². The van der Waals surface area contributed by atoms with Crippen molar-refractivity contribution >= 4 is 44.5 Å². The highest BCUT2D eigenvalue weighted by Gasteiger charge is 2.25. The van der Waals surface area contributed by atoms with Gasteiger partial charge in [0.1, 0.15) is 0 Å². The summed E-state index contributed by atoms with van der Waals surface area (Å²) in [5.74, 6) is 0.168. The van der Waals surface area contributed by atoms with Crippen LogP contribution in [0.25, 0.3) is 28.2 Å². The molecule has 0 bridgehead atoms. The van der Waals surface area contributed by atoms with E-state index in [9.17, 15) is 8.42 Å². The van der Waals surface area contributed by atoms with E-state index in [-0.39, 0.29) is 10.7 Å². The predicted octanol–water partition coefficient (Wildman–Crippen LogP) is 6.89. The van der Waals surface area contributed by atoms with Gasteiger partial charge in [0.05, 0.1) is 22.0 Å². The highest BCUT2D eigenvalue weighted by molar-refractivity contribution is 7.89. The molecule has 0 atom stereocenters. The number of nitrogen functional groups attached to an aromatic ring is 1. The number of azo groups is 1. The maximum atomic E-state index is 13.0. The molecular formula is C29H26ClN7O2S. The van der Waals surface area contributed by atoms with Crippen LogP contribution in [0, 0.1) is 0 Å². The molecular weight excluding hydrogens is 546 g/mol. The van der Waals surface area contributed by atoms with Gasteiger partial charge in [-0.05, 0) is 55.3 Å². The van der Waals surface area contributed by atoms with Crippen molar-refractivity contribution < 1.29 is 8.42 Å². The molecule has 1 aliphatic rings. The zero-order valence-corrected chi connectivity index (χ0v) is 23.1. The summed E-state index contributed by atoms with van der Waals surface area (Å²) in [7, 11) is -3.53. The third-order valence-corrected chi connectivity index (χ3v) is 9.02. The summed E-state index contributed by atoms with van der Waals surface area (Å²) in [5.41, 5.74) is 10.8. The number of nitrogens with two attached hydrogens (primary N) is 1. The van der Waals surface area contributed by atoms with Gasteiger partial charge in [0.15, 0.2) is 17.2 Å². The number of nitrogens with zero attached hydrogens (tertiary/aromatic N) is 6. The lowest BCUT2D eigenvalue weighted by Crippen LogP contribution is -2.35. The van der Waals surface area contributed by atoms with Crippen LogP contribution >= 0.6 is 11.6 Å². The summed E-state index contributed by atoms with van der Waals surface area (Å²) in [6.45, 7) is 1.10. The summed E-state index contributed by atoms with van der Waals surface area (Å²) in [4.78, 5) is 5.08. The number of sulfonamides is 1. The van der Waals surface area contributed by atoms with Crippen molar-refractivity contribution in [1.29, 1.82) is 0 Å². The number of aromatic nitrogens is 3. The molecule has 2 aromatic heterocycles. The van der Waals surface area contributed by atoms with Gasteiger partial charge in [0, 0.05) is 29.2 Å². The number of rotatable bonds is 6. The van der Waals surface area contributed by atoms with E-state index in [0.29, 0.717) is 35.1 Å². The largest absolute Gasteiger partial charge is 0.380 e. The van der Waals surface area contributed by atoms with Crippen LogP contribution in [0.2, 0.25) is 5.02 Å². The third kappa shape index (κ3) is 5.08. The summed E-state index contributed by atoms with van der Waals surface area (Å²) in [6.07, 6.45) is 2.82. The molecule has 1 aliphatic heterocycles. The summed E-state index contributed by atoms with van der Waals surface area (Å²) < 4.78 is 29.1. The lowest BCUT2D eigenvalue weighted by molar-refractivity contribution is 0.346. The zero-order chi connectivity index (χ0) is 27.7. The Morgan fingerprint density at radius 1 is 0.825 bits per heavy atom. The Bertz CT molecular complexity index is 1800. The van der Waals surface area contributed by atoms with Gasteiger partial charge in [-0.2, -0.15) is 9.42 Å². The molecule has 6 rings (SSSR count). The fraction of sp³-hybridized carbons (Fsp3) is 0.172. The van der Waals surface area contributed by atoms with Gasteiger partial charge < -0.3 is 5.73 Å². The van der Waals surface area contributed by atoms with E-state index in [2.05, 4.69) is 15.3 Å². The molecule has 0 saturated carbocycles. The predicted molar refractivity (Wildman–Crippen MR) is 157 cm³/mol. The minimum Gasteiger partial charge on any atom is -0.380 e. The summed E-state index contributed by atoms with van der Waals surface area (Å²) in [5, 5.41) is 13.9. The molecule has 1 fully saturated rings. The van der Waals surface area contributed by atoms with E-state index in [4.69, 9.17) is 22.3 Å². The lowest BCUT2D eigenvalue weighted by atomic mass is 10.1. The molecule has 9 nitrogen and oxygen atoms in total. The maximum absolute atomic E-state index is 13.0. The molecule has 11 heteroatoms. The average Bonchev–Trinajstić information content (AvgIpc) is 3.31. The fourth-order valence-corrected chi connectivity index (χ4v) is 6.39. The molecule has 0 unspecified atom stereocenters. The van der Waals surface area contributed by atoms with E-state index < -0.39 is 10.0 Å². The first-order valence-electron chi connectivity index (χ1n) is 12.9. The Labute approximate surface area is 237 Å². The molecule has 40 heavy (non-hydrogen) atoms. The second kappa shape index (κ2) is 10.8. The van der Waals surface area contributed by atoms with Crippen LogP contribution in [-0.4, -0.2) is 40.4 Å². The highest BCUT2D eigenvalue weighted by Crippen LogP contribution is 2.34. The van der Waals surface area contributed by atoms with Gasteiger partial charge in [-0.3, -0.25) is 0 Å². The Balaban J connectivity index is 1.39. The smallest absolute Gasteiger partial charge is 0.243 e. The number of piperidine rings is 1. The van der Waals surface area contributed by atoms with Crippen LogP contribution in [0.3, 0.4) is 0 Å². The SMILES string of the molecule is Nc1nn2c(-c3ccc(Cl)cc3)cc(-c3ccccc3)nc2c1N=Nc1ccc(S(=O)(=O)N2CCCCC2)cc1. The van der Waals surface area contributed by atoms with Crippen molar-refractivity contribution in [2.45, 2.75) is 24.2 Å². The van der Waals surface area contributed by atoms with Crippen molar-refractivity contribution in [3.05, 3.63) is 90.0 Å². The van der Waals surface area contributed by atoms with E-state index in [0.717, 1.165) is 41.8 Å². The van der Waals surface area contributed by atoms with Gasteiger partial charge in [0.25, 0.3) is 0 Å². The Morgan fingerprint density at radius 2 is 1.52 bits per heavy atom. The molecule has 0 radical (unpaired) electrons. The second-order valence-corrected chi connectivity index (χ2v) is 11.9. The Hall–Kier alpha value is -4.12. The standard InChI is InChI=1S/C29H26ClN7O2S/c30-22-11-9-21(10-12-22)26-19-25(20-7-3-1-4-8-20)32-29-27(28(31)35-37(26)29)34-33-23-13-15-24(16-14-23)40(38,39)36-17-5-2-6-18-36/h1,3-4,7-16,19H,2,5-6,17-18H2,(H2,31,35). The molecule has 3 heterocycles. The molecule has 5 aromatic rings. The Morgan fingerprint density at radius 3 is 2.23 bits per heavy atom. The van der Waals surface area contributed by atoms with Crippen molar-refractivity contribution in [3.8, 4) is 22.5 Å². The van der Waals surface area contributed by atoms with Crippen molar-refractivity contribution in [3.63, 3.8) is 0 Å². The minimum absolute atomic E-state index is 0.168.